The van der Waals surface area contributed by atoms with Gasteiger partial charge in [-0.15, -0.1) is 0 Å². The predicted octanol–water partition coefficient (Wildman–Crippen LogP) is 1.52. The van der Waals surface area contributed by atoms with Gasteiger partial charge in [0.2, 0.25) is 5.91 Å². The molecule has 0 radical (unpaired) electrons. The highest BCUT2D eigenvalue weighted by Gasteiger charge is 2.38. The van der Waals surface area contributed by atoms with Gasteiger partial charge in [-0.05, 0) is 31.1 Å². The molecule has 2 fully saturated rings. The summed E-state index contributed by atoms with van der Waals surface area (Å²) in [7, 11) is 0. The summed E-state index contributed by atoms with van der Waals surface area (Å²) in [6.07, 6.45) is 4.92. The second-order valence-corrected chi connectivity index (χ2v) is 6.12. The fourth-order valence-corrected chi connectivity index (χ4v) is 2.55. The SMILES string of the molecule is CC1(C)CCN(C(=O)CC2(N)CCC2)C1. The van der Waals surface area contributed by atoms with Crippen molar-refractivity contribution in [2.45, 2.75) is 51.5 Å². The Morgan fingerprint density at radius 1 is 1.33 bits per heavy atom. The second kappa shape index (κ2) is 3.48. The van der Waals surface area contributed by atoms with Crippen molar-refractivity contribution in [3.8, 4) is 0 Å². The van der Waals surface area contributed by atoms with E-state index in [0.717, 1.165) is 32.4 Å². The van der Waals surface area contributed by atoms with Gasteiger partial charge < -0.3 is 10.6 Å². The molecule has 0 aromatic rings. The van der Waals surface area contributed by atoms with Gasteiger partial charge in [-0.2, -0.15) is 0 Å². The quantitative estimate of drug-likeness (QED) is 0.751. The summed E-state index contributed by atoms with van der Waals surface area (Å²) in [5.74, 6) is 0.266. The third-order valence-electron chi connectivity index (χ3n) is 3.88. The standard InChI is InChI=1S/C12H22N2O/c1-11(2)6-7-14(9-11)10(15)8-12(13)4-3-5-12/h3-9,13H2,1-2H3. The number of nitrogens with two attached hydrogens (primary N) is 1. The first-order chi connectivity index (χ1) is 6.90. The van der Waals surface area contributed by atoms with Crippen LogP contribution in [0.4, 0.5) is 0 Å². The molecule has 0 spiro atoms. The fourth-order valence-electron chi connectivity index (χ4n) is 2.55. The predicted molar refractivity (Wildman–Crippen MR) is 60.4 cm³/mol. The van der Waals surface area contributed by atoms with Gasteiger partial charge in [0.25, 0.3) is 0 Å². The minimum absolute atomic E-state index is 0.163. The van der Waals surface area contributed by atoms with Crippen molar-refractivity contribution in [3.05, 3.63) is 0 Å². The van der Waals surface area contributed by atoms with Crippen molar-refractivity contribution in [2.24, 2.45) is 11.1 Å². The van der Waals surface area contributed by atoms with E-state index in [0.29, 0.717) is 11.8 Å². The van der Waals surface area contributed by atoms with Crippen LogP contribution in [-0.4, -0.2) is 29.4 Å². The number of hydrogen-bond acceptors (Lipinski definition) is 2. The zero-order valence-electron chi connectivity index (χ0n) is 9.88. The monoisotopic (exact) mass is 210 g/mol. The minimum atomic E-state index is -0.163. The highest BCUT2D eigenvalue weighted by molar-refractivity contribution is 5.78. The van der Waals surface area contributed by atoms with E-state index in [1.807, 2.05) is 4.90 Å². The van der Waals surface area contributed by atoms with E-state index in [1.165, 1.54) is 6.42 Å². The van der Waals surface area contributed by atoms with Crippen molar-refractivity contribution >= 4 is 5.91 Å². The maximum atomic E-state index is 12.0. The third kappa shape index (κ3) is 2.33. The number of nitrogens with zero attached hydrogens (tertiary/aromatic N) is 1. The first-order valence-corrected chi connectivity index (χ1v) is 5.97. The Balaban J connectivity index is 1.87. The van der Waals surface area contributed by atoms with Crippen LogP contribution in [0.15, 0.2) is 0 Å². The topological polar surface area (TPSA) is 46.3 Å². The molecule has 3 nitrogen and oxygen atoms in total. The van der Waals surface area contributed by atoms with Gasteiger partial charge in [-0.1, -0.05) is 13.8 Å². The maximum Gasteiger partial charge on any atom is 0.224 e. The summed E-state index contributed by atoms with van der Waals surface area (Å²) >= 11 is 0. The molecule has 1 saturated heterocycles. The molecule has 1 saturated carbocycles. The van der Waals surface area contributed by atoms with Crippen molar-refractivity contribution in [2.75, 3.05) is 13.1 Å². The Morgan fingerprint density at radius 2 is 2.00 bits per heavy atom. The molecule has 2 N–H and O–H groups in total. The van der Waals surface area contributed by atoms with Gasteiger partial charge in [0.05, 0.1) is 0 Å². The number of hydrogen-bond donors (Lipinski definition) is 1. The highest BCUT2D eigenvalue weighted by atomic mass is 16.2. The van der Waals surface area contributed by atoms with Crippen LogP contribution in [0, 0.1) is 5.41 Å². The number of amides is 1. The summed E-state index contributed by atoms with van der Waals surface area (Å²) in [4.78, 5) is 14.0. The molecular formula is C12H22N2O. The van der Waals surface area contributed by atoms with E-state index in [4.69, 9.17) is 5.73 Å². The minimum Gasteiger partial charge on any atom is -0.342 e. The van der Waals surface area contributed by atoms with E-state index in [1.54, 1.807) is 0 Å². The number of likely N-dealkylation sites (tertiary alicyclic amines) is 1. The Labute approximate surface area is 92.0 Å². The Kier molecular flexibility index (Phi) is 2.53. The summed E-state index contributed by atoms with van der Waals surface area (Å²) in [5.41, 5.74) is 6.23. The van der Waals surface area contributed by atoms with Crippen molar-refractivity contribution in [1.82, 2.24) is 4.90 Å². The van der Waals surface area contributed by atoms with Crippen LogP contribution in [0.3, 0.4) is 0 Å². The lowest BCUT2D eigenvalue weighted by molar-refractivity contribution is -0.132. The zero-order valence-corrected chi connectivity index (χ0v) is 9.88. The molecule has 0 bridgehead atoms. The maximum absolute atomic E-state index is 12.0. The van der Waals surface area contributed by atoms with Crippen LogP contribution < -0.4 is 5.73 Å². The molecule has 0 aromatic heterocycles. The van der Waals surface area contributed by atoms with Gasteiger partial charge in [-0.25, -0.2) is 0 Å². The highest BCUT2D eigenvalue weighted by Crippen LogP contribution is 2.34. The summed E-state index contributed by atoms with van der Waals surface area (Å²) in [5, 5.41) is 0. The average molecular weight is 210 g/mol. The molecule has 1 aliphatic heterocycles. The molecule has 86 valence electrons. The van der Waals surface area contributed by atoms with Gasteiger partial charge in [0.1, 0.15) is 0 Å². The van der Waals surface area contributed by atoms with Gasteiger partial charge in [0.15, 0.2) is 0 Å². The Morgan fingerprint density at radius 3 is 2.40 bits per heavy atom. The summed E-state index contributed by atoms with van der Waals surface area (Å²) in [6, 6.07) is 0. The van der Waals surface area contributed by atoms with Gasteiger partial charge in [0, 0.05) is 25.0 Å². The van der Waals surface area contributed by atoms with Gasteiger partial charge in [-0.3, -0.25) is 4.79 Å². The lowest BCUT2D eigenvalue weighted by Gasteiger charge is -2.38. The number of carbonyl (C=O) groups excluding carboxylic acids is 1. The van der Waals surface area contributed by atoms with E-state index < -0.39 is 0 Å². The summed E-state index contributed by atoms with van der Waals surface area (Å²) in [6.45, 7) is 6.27. The van der Waals surface area contributed by atoms with E-state index >= 15 is 0 Å². The average Bonchev–Trinajstić information content (AvgIpc) is 2.43. The van der Waals surface area contributed by atoms with Crippen LogP contribution in [-0.2, 0) is 4.79 Å². The van der Waals surface area contributed by atoms with E-state index in [2.05, 4.69) is 13.8 Å². The van der Waals surface area contributed by atoms with Crippen LogP contribution in [0.5, 0.6) is 0 Å². The second-order valence-electron chi connectivity index (χ2n) is 6.12. The first-order valence-electron chi connectivity index (χ1n) is 5.97. The molecule has 3 heteroatoms. The van der Waals surface area contributed by atoms with Crippen LogP contribution >= 0.6 is 0 Å². The smallest absolute Gasteiger partial charge is 0.224 e. The van der Waals surface area contributed by atoms with Gasteiger partial charge >= 0.3 is 0 Å². The molecule has 1 amide bonds. The van der Waals surface area contributed by atoms with Crippen molar-refractivity contribution in [1.29, 1.82) is 0 Å². The van der Waals surface area contributed by atoms with E-state index in [9.17, 15) is 4.79 Å². The Bertz CT molecular complexity index is 269. The fraction of sp³-hybridized carbons (Fsp3) is 0.917. The van der Waals surface area contributed by atoms with Crippen LogP contribution in [0.2, 0.25) is 0 Å². The third-order valence-corrected chi connectivity index (χ3v) is 3.88. The zero-order chi connectivity index (χ0) is 11.1. The first kappa shape index (κ1) is 10.9. The summed E-state index contributed by atoms with van der Waals surface area (Å²) < 4.78 is 0. The largest absolute Gasteiger partial charge is 0.342 e. The van der Waals surface area contributed by atoms with Crippen LogP contribution in [0.1, 0.15) is 46.0 Å². The Hall–Kier alpha value is -0.570. The lowest BCUT2D eigenvalue weighted by atomic mass is 9.75. The van der Waals surface area contributed by atoms with Crippen molar-refractivity contribution in [3.63, 3.8) is 0 Å². The number of carbonyl (C=O) groups is 1. The molecule has 1 heterocycles. The van der Waals surface area contributed by atoms with E-state index in [-0.39, 0.29) is 11.4 Å². The molecule has 0 atom stereocenters. The lowest BCUT2D eigenvalue weighted by Crippen LogP contribution is -2.50. The molecule has 0 unspecified atom stereocenters. The molecule has 2 rings (SSSR count). The molecular weight excluding hydrogens is 188 g/mol. The normalized spacial score (nSPS) is 27.5. The number of rotatable bonds is 2. The van der Waals surface area contributed by atoms with Crippen LogP contribution in [0.25, 0.3) is 0 Å². The van der Waals surface area contributed by atoms with Crippen molar-refractivity contribution < 1.29 is 4.79 Å². The molecule has 1 aliphatic carbocycles. The molecule has 0 aromatic carbocycles. The molecule has 15 heavy (non-hydrogen) atoms. The molecule has 2 aliphatic rings.